The first-order valence-electron chi connectivity index (χ1n) is 5.55. The number of nitrogens with two attached hydrogens (primary N) is 1. The second kappa shape index (κ2) is 7.13. The van der Waals surface area contributed by atoms with Crippen LogP contribution in [0.2, 0.25) is 0 Å². The second-order valence-corrected chi connectivity index (χ2v) is 4.93. The van der Waals surface area contributed by atoms with Crippen LogP contribution in [0.4, 0.5) is 5.69 Å². The summed E-state index contributed by atoms with van der Waals surface area (Å²) in [7, 11) is 0. The maximum Gasteiger partial charge on any atom is 0.243 e. The van der Waals surface area contributed by atoms with Gasteiger partial charge in [0.1, 0.15) is 0 Å². The summed E-state index contributed by atoms with van der Waals surface area (Å²) in [6, 6.07) is 6.98. The number of benzene rings is 1. The van der Waals surface area contributed by atoms with Gasteiger partial charge in [0.2, 0.25) is 11.8 Å². The highest BCUT2D eigenvalue weighted by Gasteiger charge is 2.07. The van der Waals surface area contributed by atoms with Gasteiger partial charge in [-0.3, -0.25) is 9.59 Å². The van der Waals surface area contributed by atoms with E-state index in [1.165, 1.54) is 0 Å². The number of hydrogen-bond donors (Lipinski definition) is 3. The summed E-state index contributed by atoms with van der Waals surface area (Å²) in [4.78, 5) is 22.8. The largest absolute Gasteiger partial charge is 0.347 e. The summed E-state index contributed by atoms with van der Waals surface area (Å²) in [6.07, 6.45) is 0.214. The molecule has 5 nitrogen and oxygen atoms in total. The van der Waals surface area contributed by atoms with E-state index in [0.717, 1.165) is 4.47 Å². The number of rotatable bonds is 5. The van der Waals surface area contributed by atoms with Crippen LogP contribution < -0.4 is 16.4 Å². The van der Waals surface area contributed by atoms with Gasteiger partial charge in [0.25, 0.3) is 0 Å². The van der Waals surface area contributed by atoms with Crippen LogP contribution in [-0.2, 0) is 9.59 Å². The van der Waals surface area contributed by atoms with Gasteiger partial charge in [-0.15, -0.1) is 0 Å². The van der Waals surface area contributed by atoms with Crippen LogP contribution in [0.1, 0.15) is 13.3 Å². The summed E-state index contributed by atoms with van der Waals surface area (Å²) in [5.41, 5.74) is 6.16. The molecule has 0 aromatic heterocycles. The van der Waals surface area contributed by atoms with Crippen LogP contribution in [0.5, 0.6) is 0 Å². The van der Waals surface area contributed by atoms with E-state index in [2.05, 4.69) is 26.6 Å². The summed E-state index contributed by atoms with van der Waals surface area (Å²) in [5, 5.41) is 5.18. The van der Waals surface area contributed by atoms with Gasteiger partial charge in [-0.05, 0) is 31.2 Å². The van der Waals surface area contributed by atoms with Crippen molar-refractivity contribution in [2.24, 2.45) is 5.73 Å². The van der Waals surface area contributed by atoms with E-state index < -0.39 is 0 Å². The molecule has 0 aliphatic carbocycles. The maximum absolute atomic E-state index is 11.5. The standard InChI is InChI=1S/C12H16BrN3O2/c1-8(14)6-11(17)15-7-12(18)16-10-4-2-9(13)3-5-10/h2-5,8H,6-7,14H2,1H3,(H,15,17)(H,16,18). The Morgan fingerprint density at radius 3 is 2.44 bits per heavy atom. The molecular formula is C12H16BrN3O2. The van der Waals surface area contributed by atoms with E-state index in [1.807, 2.05) is 12.1 Å². The summed E-state index contributed by atoms with van der Waals surface area (Å²) >= 11 is 3.30. The third-order valence-corrected chi connectivity index (χ3v) is 2.61. The molecular weight excluding hydrogens is 298 g/mol. The first-order chi connectivity index (χ1) is 8.47. The highest BCUT2D eigenvalue weighted by atomic mass is 79.9. The van der Waals surface area contributed by atoms with Gasteiger partial charge in [0, 0.05) is 22.6 Å². The molecule has 1 aromatic carbocycles. The molecule has 0 saturated heterocycles. The molecule has 1 unspecified atom stereocenters. The van der Waals surface area contributed by atoms with Crippen molar-refractivity contribution < 1.29 is 9.59 Å². The molecule has 0 spiro atoms. The topological polar surface area (TPSA) is 84.2 Å². The maximum atomic E-state index is 11.5. The van der Waals surface area contributed by atoms with E-state index in [0.29, 0.717) is 5.69 Å². The molecule has 0 bridgehead atoms. The molecule has 0 radical (unpaired) electrons. The van der Waals surface area contributed by atoms with Crippen LogP contribution >= 0.6 is 15.9 Å². The minimum atomic E-state index is -0.268. The van der Waals surface area contributed by atoms with Crippen LogP contribution in [0.25, 0.3) is 0 Å². The Labute approximate surface area is 114 Å². The van der Waals surface area contributed by atoms with Gasteiger partial charge in [-0.25, -0.2) is 0 Å². The van der Waals surface area contributed by atoms with Gasteiger partial charge in [0.15, 0.2) is 0 Å². The minimum absolute atomic E-state index is 0.0540. The Kier molecular flexibility index (Phi) is 5.80. The van der Waals surface area contributed by atoms with E-state index in [1.54, 1.807) is 19.1 Å². The lowest BCUT2D eigenvalue weighted by atomic mass is 10.2. The fraction of sp³-hybridized carbons (Fsp3) is 0.333. The molecule has 2 amide bonds. The van der Waals surface area contributed by atoms with E-state index >= 15 is 0 Å². The Hall–Kier alpha value is -1.40. The average Bonchev–Trinajstić information content (AvgIpc) is 2.29. The molecule has 0 aliphatic heterocycles. The van der Waals surface area contributed by atoms with Crippen LogP contribution in [0.15, 0.2) is 28.7 Å². The molecule has 4 N–H and O–H groups in total. The summed E-state index contributed by atoms with van der Waals surface area (Å²) < 4.78 is 0.936. The predicted octanol–water partition coefficient (Wildman–Crippen LogP) is 1.24. The van der Waals surface area contributed by atoms with Gasteiger partial charge in [-0.1, -0.05) is 15.9 Å². The Morgan fingerprint density at radius 1 is 1.28 bits per heavy atom. The highest BCUT2D eigenvalue weighted by Crippen LogP contribution is 2.13. The molecule has 0 saturated carbocycles. The SMILES string of the molecule is CC(N)CC(=O)NCC(=O)Nc1ccc(Br)cc1. The molecule has 18 heavy (non-hydrogen) atoms. The van der Waals surface area contributed by atoms with Gasteiger partial charge in [-0.2, -0.15) is 0 Å². The third kappa shape index (κ3) is 5.79. The number of hydrogen-bond acceptors (Lipinski definition) is 3. The van der Waals surface area contributed by atoms with E-state index in [9.17, 15) is 9.59 Å². The van der Waals surface area contributed by atoms with Crippen molar-refractivity contribution in [2.75, 3.05) is 11.9 Å². The quantitative estimate of drug-likeness (QED) is 0.764. The van der Waals surface area contributed by atoms with Crippen LogP contribution in [0.3, 0.4) is 0 Å². The number of carbonyl (C=O) groups excluding carboxylic acids is 2. The number of nitrogens with one attached hydrogen (secondary N) is 2. The summed E-state index contributed by atoms with van der Waals surface area (Å²) in [6.45, 7) is 1.68. The normalized spacial score (nSPS) is 11.7. The first kappa shape index (κ1) is 14.7. The average molecular weight is 314 g/mol. The molecule has 0 fully saturated rings. The fourth-order valence-electron chi connectivity index (χ4n) is 1.28. The minimum Gasteiger partial charge on any atom is -0.347 e. The Morgan fingerprint density at radius 2 is 1.89 bits per heavy atom. The van der Waals surface area contributed by atoms with Gasteiger partial charge >= 0.3 is 0 Å². The lowest BCUT2D eigenvalue weighted by molar-refractivity contribution is -0.124. The highest BCUT2D eigenvalue weighted by molar-refractivity contribution is 9.10. The zero-order valence-electron chi connectivity index (χ0n) is 10.1. The summed E-state index contributed by atoms with van der Waals surface area (Å²) in [5.74, 6) is -0.494. The Balaban J connectivity index is 2.34. The van der Waals surface area contributed by atoms with Crippen molar-refractivity contribution in [3.8, 4) is 0 Å². The second-order valence-electron chi connectivity index (χ2n) is 4.01. The van der Waals surface area contributed by atoms with Crippen molar-refractivity contribution in [3.05, 3.63) is 28.7 Å². The van der Waals surface area contributed by atoms with Crippen LogP contribution in [-0.4, -0.2) is 24.4 Å². The number of amides is 2. The molecule has 98 valence electrons. The smallest absolute Gasteiger partial charge is 0.243 e. The van der Waals surface area contributed by atoms with Crippen molar-refractivity contribution in [1.29, 1.82) is 0 Å². The monoisotopic (exact) mass is 313 g/mol. The van der Waals surface area contributed by atoms with E-state index in [-0.39, 0.29) is 30.8 Å². The number of carbonyl (C=O) groups is 2. The van der Waals surface area contributed by atoms with Gasteiger partial charge < -0.3 is 16.4 Å². The fourth-order valence-corrected chi connectivity index (χ4v) is 1.55. The van der Waals surface area contributed by atoms with Gasteiger partial charge in [0.05, 0.1) is 6.54 Å². The molecule has 0 aliphatic rings. The van der Waals surface area contributed by atoms with E-state index in [4.69, 9.17) is 5.73 Å². The molecule has 1 aromatic rings. The Bertz CT molecular complexity index is 418. The lowest BCUT2D eigenvalue weighted by Crippen LogP contribution is -2.35. The molecule has 1 rings (SSSR count). The van der Waals surface area contributed by atoms with Crippen molar-refractivity contribution in [1.82, 2.24) is 5.32 Å². The number of halogens is 1. The van der Waals surface area contributed by atoms with Crippen molar-refractivity contribution in [2.45, 2.75) is 19.4 Å². The predicted molar refractivity (Wildman–Crippen MR) is 74.0 cm³/mol. The van der Waals surface area contributed by atoms with Crippen molar-refractivity contribution in [3.63, 3.8) is 0 Å². The molecule has 0 heterocycles. The first-order valence-corrected chi connectivity index (χ1v) is 6.34. The zero-order chi connectivity index (χ0) is 13.5. The molecule has 1 atom stereocenters. The van der Waals surface area contributed by atoms with Crippen molar-refractivity contribution >= 4 is 33.4 Å². The third-order valence-electron chi connectivity index (χ3n) is 2.08. The molecule has 6 heteroatoms. The number of anilines is 1. The lowest BCUT2D eigenvalue weighted by Gasteiger charge is -2.08. The van der Waals surface area contributed by atoms with Crippen LogP contribution in [0, 0.1) is 0 Å². The zero-order valence-corrected chi connectivity index (χ0v) is 11.7.